The van der Waals surface area contributed by atoms with Crippen LogP contribution in [0.3, 0.4) is 0 Å². The number of hydrogen-bond donors (Lipinski definition) is 0. The summed E-state index contributed by atoms with van der Waals surface area (Å²) in [6, 6.07) is 12.4. The fourth-order valence-corrected chi connectivity index (χ4v) is 4.64. The van der Waals surface area contributed by atoms with E-state index in [1.165, 1.54) is 12.1 Å². The number of rotatable bonds is 5. The summed E-state index contributed by atoms with van der Waals surface area (Å²) in [5.74, 6) is 0.375. The van der Waals surface area contributed by atoms with Gasteiger partial charge in [0.2, 0.25) is 11.6 Å². The molecule has 0 atom stereocenters. The summed E-state index contributed by atoms with van der Waals surface area (Å²) in [4.78, 5) is 29.9. The largest absolute Gasteiger partial charge is 0.368 e. The molecule has 5 rings (SSSR count). The van der Waals surface area contributed by atoms with Crippen molar-refractivity contribution in [3.05, 3.63) is 88.0 Å². The van der Waals surface area contributed by atoms with Gasteiger partial charge >= 0.3 is 5.56 Å². The highest BCUT2D eigenvalue weighted by atomic mass is 19.1. The van der Waals surface area contributed by atoms with Crippen molar-refractivity contribution in [2.24, 2.45) is 0 Å². The van der Waals surface area contributed by atoms with Crippen LogP contribution in [0.15, 0.2) is 59.7 Å². The van der Waals surface area contributed by atoms with Gasteiger partial charge < -0.3 is 9.80 Å². The Balaban J connectivity index is 1.24. The highest BCUT2D eigenvalue weighted by Crippen LogP contribution is 2.18. The van der Waals surface area contributed by atoms with E-state index in [1.807, 2.05) is 30.9 Å². The molecule has 3 heterocycles. The molecule has 9 heteroatoms. The molecule has 2 aromatic heterocycles. The second kappa shape index (κ2) is 9.32. The van der Waals surface area contributed by atoms with E-state index >= 15 is 0 Å². The van der Waals surface area contributed by atoms with Gasteiger partial charge in [-0.15, -0.1) is 10.2 Å². The van der Waals surface area contributed by atoms with Crippen molar-refractivity contribution in [3.63, 3.8) is 0 Å². The lowest BCUT2D eigenvalue weighted by molar-refractivity contribution is -0.131. The minimum Gasteiger partial charge on any atom is -0.368 e. The molecule has 8 nitrogen and oxygen atoms in total. The number of anilines is 1. The zero-order valence-corrected chi connectivity index (χ0v) is 19.8. The SMILES string of the molecule is Cc1cc(C)cc(-n2ccn3c(CCC(=O)N4CCN(c5ccc(F)cc5)CC4)nnc3c2=O)c1. The third-order valence-electron chi connectivity index (χ3n) is 6.41. The van der Waals surface area contributed by atoms with E-state index in [9.17, 15) is 14.0 Å². The maximum atomic E-state index is 13.2. The molecule has 1 saturated heterocycles. The lowest BCUT2D eigenvalue weighted by Crippen LogP contribution is -2.48. The van der Waals surface area contributed by atoms with Gasteiger partial charge in [0.05, 0.1) is 0 Å². The van der Waals surface area contributed by atoms with Crippen LogP contribution in [0.1, 0.15) is 23.4 Å². The van der Waals surface area contributed by atoms with Crippen LogP contribution in [0.25, 0.3) is 11.3 Å². The van der Waals surface area contributed by atoms with Crippen molar-refractivity contribution >= 4 is 17.2 Å². The van der Waals surface area contributed by atoms with Crippen molar-refractivity contribution in [2.75, 3.05) is 31.1 Å². The van der Waals surface area contributed by atoms with E-state index in [1.54, 1.807) is 33.5 Å². The summed E-state index contributed by atoms with van der Waals surface area (Å²) >= 11 is 0. The molecule has 180 valence electrons. The second-order valence-electron chi connectivity index (χ2n) is 8.97. The van der Waals surface area contributed by atoms with Gasteiger partial charge in [0.25, 0.3) is 0 Å². The van der Waals surface area contributed by atoms with Crippen LogP contribution in [-0.2, 0) is 11.2 Å². The molecule has 0 spiro atoms. The topological polar surface area (TPSA) is 75.7 Å². The number of aromatic nitrogens is 4. The van der Waals surface area contributed by atoms with Crippen LogP contribution >= 0.6 is 0 Å². The van der Waals surface area contributed by atoms with E-state index in [2.05, 4.69) is 21.2 Å². The van der Waals surface area contributed by atoms with Gasteiger partial charge in [0.1, 0.15) is 11.6 Å². The Morgan fingerprint density at radius 1 is 0.914 bits per heavy atom. The minimum absolute atomic E-state index is 0.0454. The Morgan fingerprint density at radius 2 is 1.60 bits per heavy atom. The number of piperazine rings is 1. The van der Waals surface area contributed by atoms with Crippen molar-refractivity contribution in [2.45, 2.75) is 26.7 Å². The molecule has 35 heavy (non-hydrogen) atoms. The normalized spacial score (nSPS) is 14.0. The standard InChI is InChI=1S/C26H27FN6O2/c1-18-15-19(2)17-22(16-18)32-13-14-33-23(28-29-25(33)26(32)35)7-8-24(34)31-11-9-30(10-12-31)21-5-3-20(27)4-6-21/h3-6,13-17H,7-12H2,1-2H3. The first-order valence-corrected chi connectivity index (χ1v) is 11.7. The first kappa shape index (κ1) is 22.8. The summed E-state index contributed by atoms with van der Waals surface area (Å²) < 4.78 is 16.4. The van der Waals surface area contributed by atoms with E-state index in [0.29, 0.717) is 38.4 Å². The lowest BCUT2D eigenvalue weighted by Gasteiger charge is -2.36. The van der Waals surface area contributed by atoms with Crippen LogP contribution in [0.2, 0.25) is 0 Å². The Bertz CT molecular complexity index is 1410. The summed E-state index contributed by atoms with van der Waals surface area (Å²) in [6.45, 7) is 6.60. The van der Waals surface area contributed by atoms with Crippen LogP contribution in [0.5, 0.6) is 0 Å². The van der Waals surface area contributed by atoms with Gasteiger partial charge in [-0.3, -0.25) is 18.6 Å². The summed E-state index contributed by atoms with van der Waals surface area (Å²) in [5.41, 5.74) is 3.88. The van der Waals surface area contributed by atoms with Gasteiger partial charge in [-0.2, -0.15) is 0 Å². The quantitative estimate of drug-likeness (QED) is 0.445. The van der Waals surface area contributed by atoms with Gasteiger partial charge in [-0.1, -0.05) is 6.07 Å². The molecule has 0 unspecified atom stereocenters. The first-order valence-electron chi connectivity index (χ1n) is 11.7. The molecule has 0 bridgehead atoms. The van der Waals surface area contributed by atoms with Gasteiger partial charge in [-0.25, -0.2) is 4.39 Å². The Hall–Kier alpha value is -4.01. The smallest absolute Gasteiger partial charge is 0.300 e. The number of carbonyl (C=O) groups is 1. The number of aryl methyl sites for hydroxylation is 3. The lowest BCUT2D eigenvalue weighted by atomic mass is 10.1. The van der Waals surface area contributed by atoms with Crippen LogP contribution < -0.4 is 10.5 Å². The fraction of sp³-hybridized carbons (Fsp3) is 0.308. The summed E-state index contributed by atoms with van der Waals surface area (Å²) in [5, 5.41) is 8.30. The molecule has 1 aliphatic rings. The van der Waals surface area contributed by atoms with E-state index in [0.717, 1.165) is 22.5 Å². The van der Waals surface area contributed by atoms with Gasteiger partial charge in [0, 0.05) is 62.8 Å². The Morgan fingerprint density at radius 3 is 2.29 bits per heavy atom. The second-order valence-corrected chi connectivity index (χ2v) is 8.97. The molecule has 0 N–H and O–H groups in total. The molecule has 1 aliphatic heterocycles. The maximum absolute atomic E-state index is 13.2. The minimum atomic E-state index is -0.257. The third kappa shape index (κ3) is 4.66. The van der Waals surface area contributed by atoms with E-state index < -0.39 is 0 Å². The molecule has 4 aromatic rings. The van der Waals surface area contributed by atoms with E-state index in [-0.39, 0.29) is 29.4 Å². The molecular weight excluding hydrogens is 447 g/mol. The molecular formula is C26H27FN6O2. The average molecular weight is 475 g/mol. The number of halogens is 1. The third-order valence-corrected chi connectivity index (χ3v) is 6.41. The summed E-state index contributed by atoms with van der Waals surface area (Å²) in [6.07, 6.45) is 4.17. The monoisotopic (exact) mass is 474 g/mol. The van der Waals surface area contributed by atoms with Crippen LogP contribution in [-0.4, -0.2) is 56.2 Å². The first-order chi connectivity index (χ1) is 16.9. The van der Waals surface area contributed by atoms with Crippen molar-refractivity contribution < 1.29 is 9.18 Å². The predicted octanol–water partition coefficient (Wildman–Crippen LogP) is 2.92. The van der Waals surface area contributed by atoms with Crippen LogP contribution in [0.4, 0.5) is 10.1 Å². The summed E-state index contributed by atoms with van der Waals surface area (Å²) in [7, 11) is 0. The number of nitrogens with zero attached hydrogens (tertiary/aromatic N) is 6. The maximum Gasteiger partial charge on any atom is 0.300 e. The van der Waals surface area contributed by atoms with Crippen molar-refractivity contribution in [3.8, 4) is 5.69 Å². The number of amides is 1. The highest BCUT2D eigenvalue weighted by Gasteiger charge is 2.22. The number of hydrogen-bond acceptors (Lipinski definition) is 5. The van der Waals surface area contributed by atoms with Gasteiger partial charge in [-0.05, 0) is 61.4 Å². The number of carbonyl (C=O) groups excluding carboxylic acids is 1. The molecule has 2 aromatic carbocycles. The number of benzene rings is 2. The van der Waals surface area contributed by atoms with Crippen molar-refractivity contribution in [1.29, 1.82) is 0 Å². The Kier molecular flexibility index (Phi) is 6.07. The van der Waals surface area contributed by atoms with Crippen LogP contribution in [0, 0.1) is 19.7 Å². The highest BCUT2D eigenvalue weighted by molar-refractivity contribution is 5.76. The molecule has 0 saturated carbocycles. The molecule has 0 radical (unpaired) electrons. The molecule has 1 fully saturated rings. The zero-order chi connectivity index (χ0) is 24.5. The average Bonchev–Trinajstić information content (AvgIpc) is 3.27. The molecule has 1 amide bonds. The fourth-order valence-electron chi connectivity index (χ4n) is 4.64. The van der Waals surface area contributed by atoms with E-state index in [4.69, 9.17) is 0 Å². The Labute approximate surface area is 202 Å². The predicted molar refractivity (Wildman–Crippen MR) is 132 cm³/mol. The zero-order valence-electron chi connectivity index (χ0n) is 19.8. The molecule has 0 aliphatic carbocycles. The van der Waals surface area contributed by atoms with Crippen molar-refractivity contribution in [1.82, 2.24) is 24.1 Å². The van der Waals surface area contributed by atoms with Gasteiger partial charge in [0.15, 0.2) is 0 Å². The number of fused-ring (bicyclic) bond motifs is 1.